The topological polar surface area (TPSA) is 32.3 Å². The highest BCUT2D eigenvalue weighted by atomic mass is 32.2. The number of hydrogen-bond donors (Lipinski definition) is 2. The van der Waals surface area contributed by atoms with E-state index in [4.69, 9.17) is 0 Å². The number of rotatable bonds is 11. The second-order valence-corrected chi connectivity index (χ2v) is 5.74. The molecule has 0 aromatic rings. The van der Waals surface area contributed by atoms with Crippen LogP contribution in [0.5, 0.6) is 0 Å². The van der Waals surface area contributed by atoms with Gasteiger partial charge in [0.1, 0.15) is 0 Å². The van der Waals surface area contributed by atoms with Crippen LogP contribution in [0.1, 0.15) is 52.4 Å². The molecule has 0 bridgehead atoms. The third kappa shape index (κ3) is 10.8. The van der Waals surface area contributed by atoms with Crippen LogP contribution in [0.2, 0.25) is 0 Å². The number of hydrogen-bond acceptors (Lipinski definition) is 3. The van der Waals surface area contributed by atoms with Crippen LogP contribution in [0.25, 0.3) is 0 Å². The maximum Gasteiger partial charge on any atom is 0.0833 e. The Balaban J connectivity index is 3.20. The van der Waals surface area contributed by atoms with E-state index in [-0.39, 0.29) is 0 Å². The minimum absolute atomic E-state index is 0.554. The molecule has 0 aromatic carbocycles. The molecule has 0 aliphatic carbocycles. The Morgan fingerprint density at radius 3 is 2.38 bits per heavy atom. The number of thioether (sulfide) groups is 1. The van der Waals surface area contributed by atoms with E-state index in [2.05, 4.69) is 12.2 Å². The molecule has 0 radical (unpaired) electrons. The highest BCUT2D eigenvalue weighted by Gasteiger charge is 2.18. The quantitative estimate of drug-likeness (QED) is 0.550. The van der Waals surface area contributed by atoms with Gasteiger partial charge in [0, 0.05) is 12.3 Å². The number of nitrogens with one attached hydrogen (secondary N) is 1. The molecule has 0 rings (SSSR count). The van der Waals surface area contributed by atoms with Crippen molar-refractivity contribution in [1.82, 2.24) is 5.32 Å². The lowest BCUT2D eigenvalue weighted by atomic mass is 10.1. The van der Waals surface area contributed by atoms with Gasteiger partial charge in [-0.05, 0) is 26.1 Å². The summed E-state index contributed by atoms with van der Waals surface area (Å²) in [5.74, 6) is 0.802. The maximum absolute atomic E-state index is 9.90. The van der Waals surface area contributed by atoms with E-state index in [0.29, 0.717) is 6.54 Å². The Bertz CT molecular complexity index is 151. The summed E-state index contributed by atoms with van der Waals surface area (Å²) in [6.07, 6.45) is 10.0. The zero-order valence-corrected chi connectivity index (χ0v) is 12.0. The van der Waals surface area contributed by atoms with Crippen molar-refractivity contribution in [2.45, 2.75) is 58.0 Å². The molecule has 16 heavy (non-hydrogen) atoms. The fourth-order valence-corrected chi connectivity index (χ4v) is 2.47. The molecule has 2 N–H and O–H groups in total. The van der Waals surface area contributed by atoms with Gasteiger partial charge >= 0.3 is 0 Å². The van der Waals surface area contributed by atoms with Crippen LogP contribution >= 0.6 is 11.8 Å². The molecular formula is C13H29NOS. The second-order valence-electron chi connectivity index (χ2n) is 4.87. The summed E-state index contributed by atoms with van der Waals surface area (Å²) in [5.41, 5.74) is -0.554. The maximum atomic E-state index is 9.90. The molecule has 0 amide bonds. The minimum Gasteiger partial charge on any atom is -0.388 e. The lowest BCUT2D eigenvalue weighted by Gasteiger charge is -2.22. The Kier molecular flexibility index (Phi) is 10.6. The van der Waals surface area contributed by atoms with Crippen molar-refractivity contribution in [3.05, 3.63) is 0 Å². The molecule has 0 aliphatic rings. The summed E-state index contributed by atoms with van der Waals surface area (Å²) in [4.78, 5) is 0. The van der Waals surface area contributed by atoms with Crippen molar-refractivity contribution in [3.63, 3.8) is 0 Å². The third-order valence-electron chi connectivity index (χ3n) is 2.67. The molecule has 2 nitrogen and oxygen atoms in total. The van der Waals surface area contributed by atoms with E-state index in [1.165, 1.54) is 38.5 Å². The molecule has 1 atom stereocenters. The Morgan fingerprint density at radius 1 is 1.12 bits per heavy atom. The van der Waals surface area contributed by atoms with Crippen molar-refractivity contribution in [3.8, 4) is 0 Å². The zero-order chi connectivity index (χ0) is 12.3. The standard InChI is InChI=1S/C13H29NOS/c1-4-5-6-7-8-9-10-14-11-13(2,15)12-16-3/h14-15H,4-12H2,1-3H3. The van der Waals surface area contributed by atoms with Gasteiger partial charge in [-0.25, -0.2) is 0 Å². The first-order valence-corrected chi connectivity index (χ1v) is 7.94. The van der Waals surface area contributed by atoms with Gasteiger partial charge in [-0.15, -0.1) is 0 Å². The summed E-state index contributed by atoms with van der Waals surface area (Å²) < 4.78 is 0. The van der Waals surface area contributed by atoms with Crippen LogP contribution in [0.15, 0.2) is 0 Å². The SMILES string of the molecule is CCCCCCCCNCC(C)(O)CSC. The van der Waals surface area contributed by atoms with E-state index in [1.807, 2.05) is 13.2 Å². The van der Waals surface area contributed by atoms with Crippen molar-refractivity contribution < 1.29 is 5.11 Å². The van der Waals surface area contributed by atoms with Gasteiger partial charge in [0.25, 0.3) is 0 Å². The fraction of sp³-hybridized carbons (Fsp3) is 1.00. The number of aliphatic hydroxyl groups is 1. The van der Waals surface area contributed by atoms with Gasteiger partial charge in [-0.3, -0.25) is 0 Å². The van der Waals surface area contributed by atoms with Crippen LogP contribution in [0, 0.1) is 0 Å². The lowest BCUT2D eigenvalue weighted by Crippen LogP contribution is -2.40. The molecular weight excluding hydrogens is 218 g/mol. The van der Waals surface area contributed by atoms with Gasteiger partial charge in [0.15, 0.2) is 0 Å². The predicted octanol–water partition coefficient (Wildman–Crippen LogP) is 3.05. The second kappa shape index (κ2) is 10.4. The normalized spacial score (nSPS) is 15.0. The van der Waals surface area contributed by atoms with Crippen LogP contribution in [0.3, 0.4) is 0 Å². The van der Waals surface area contributed by atoms with E-state index < -0.39 is 5.60 Å². The third-order valence-corrected chi connectivity index (χ3v) is 3.58. The van der Waals surface area contributed by atoms with Crippen molar-refractivity contribution in [1.29, 1.82) is 0 Å². The average Bonchev–Trinajstić information content (AvgIpc) is 2.22. The van der Waals surface area contributed by atoms with E-state index >= 15 is 0 Å². The lowest BCUT2D eigenvalue weighted by molar-refractivity contribution is 0.0850. The smallest absolute Gasteiger partial charge is 0.0833 e. The number of unbranched alkanes of at least 4 members (excludes halogenated alkanes) is 5. The van der Waals surface area contributed by atoms with Crippen LogP contribution in [-0.2, 0) is 0 Å². The zero-order valence-electron chi connectivity index (χ0n) is 11.2. The molecule has 0 spiro atoms. The highest BCUT2D eigenvalue weighted by molar-refractivity contribution is 7.98. The van der Waals surface area contributed by atoms with Gasteiger partial charge in [0.05, 0.1) is 5.60 Å². The molecule has 0 saturated heterocycles. The molecule has 0 aromatic heterocycles. The average molecular weight is 247 g/mol. The molecule has 1 unspecified atom stereocenters. The van der Waals surface area contributed by atoms with Gasteiger partial charge in [-0.2, -0.15) is 11.8 Å². The summed E-state index contributed by atoms with van der Waals surface area (Å²) >= 11 is 1.70. The summed E-state index contributed by atoms with van der Waals surface area (Å²) in [6.45, 7) is 5.90. The predicted molar refractivity (Wildman–Crippen MR) is 75.3 cm³/mol. The van der Waals surface area contributed by atoms with Crippen LogP contribution in [-0.4, -0.2) is 35.8 Å². The Labute approximate surface area is 106 Å². The fourth-order valence-electron chi connectivity index (χ4n) is 1.75. The Morgan fingerprint density at radius 2 is 1.75 bits per heavy atom. The van der Waals surface area contributed by atoms with Crippen LogP contribution < -0.4 is 5.32 Å². The molecule has 3 heteroatoms. The van der Waals surface area contributed by atoms with Crippen molar-refractivity contribution in [2.75, 3.05) is 25.1 Å². The molecule has 0 fully saturated rings. The van der Waals surface area contributed by atoms with E-state index in [0.717, 1.165) is 12.3 Å². The van der Waals surface area contributed by atoms with Crippen molar-refractivity contribution >= 4 is 11.8 Å². The molecule has 0 heterocycles. The molecule has 0 aliphatic heterocycles. The van der Waals surface area contributed by atoms with E-state index in [1.54, 1.807) is 11.8 Å². The summed E-state index contributed by atoms with van der Waals surface area (Å²) in [7, 11) is 0. The van der Waals surface area contributed by atoms with Crippen molar-refractivity contribution in [2.24, 2.45) is 0 Å². The Hall–Kier alpha value is 0.270. The van der Waals surface area contributed by atoms with Gasteiger partial charge in [-0.1, -0.05) is 39.0 Å². The van der Waals surface area contributed by atoms with E-state index in [9.17, 15) is 5.11 Å². The monoisotopic (exact) mass is 247 g/mol. The first-order chi connectivity index (χ1) is 7.62. The molecule has 98 valence electrons. The first kappa shape index (κ1) is 16.3. The summed E-state index contributed by atoms with van der Waals surface area (Å²) in [5, 5.41) is 13.2. The minimum atomic E-state index is -0.554. The van der Waals surface area contributed by atoms with Gasteiger partial charge in [0.2, 0.25) is 0 Å². The van der Waals surface area contributed by atoms with Gasteiger partial charge < -0.3 is 10.4 Å². The highest BCUT2D eigenvalue weighted by Crippen LogP contribution is 2.09. The largest absolute Gasteiger partial charge is 0.388 e. The summed E-state index contributed by atoms with van der Waals surface area (Å²) in [6, 6.07) is 0. The first-order valence-electron chi connectivity index (χ1n) is 6.54. The molecule has 0 saturated carbocycles. The van der Waals surface area contributed by atoms with Crippen LogP contribution in [0.4, 0.5) is 0 Å².